The maximum atomic E-state index is 13.5. The Hall–Kier alpha value is -3.84. The Labute approximate surface area is 199 Å². The van der Waals surface area contributed by atoms with Crippen molar-refractivity contribution in [3.8, 4) is 0 Å². The smallest absolute Gasteiger partial charge is 0.301 e. The summed E-state index contributed by atoms with van der Waals surface area (Å²) in [4.78, 5) is 32.5. The molecular weight excluding hydrogens is 451 g/mol. The molecule has 0 aliphatic carbocycles. The lowest BCUT2D eigenvalue weighted by Crippen LogP contribution is -2.29. The van der Waals surface area contributed by atoms with Gasteiger partial charge < -0.3 is 5.11 Å². The van der Waals surface area contributed by atoms with E-state index >= 15 is 0 Å². The molecule has 0 bridgehead atoms. The van der Waals surface area contributed by atoms with E-state index < -0.39 is 23.5 Å². The number of rotatable bonds is 4. The second-order valence-electron chi connectivity index (χ2n) is 8.24. The quantitative estimate of drug-likeness (QED) is 0.227. The topological polar surface area (TPSA) is 70.5 Å². The summed E-state index contributed by atoms with van der Waals surface area (Å²) < 4.78 is 14.4. The van der Waals surface area contributed by atoms with E-state index in [1.54, 1.807) is 0 Å². The Morgan fingerprint density at radius 2 is 1.76 bits per heavy atom. The van der Waals surface area contributed by atoms with Gasteiger partial charge in [-0.05, 0) is 60.9 Å². The average molecular weight is 473 g/mol. The largest absolute Gasteiger partial charge is 0.507 e. The highest BCUT2D eigenvalue weighted by atomic mass is 32.1. The molecule has 5 rings (SSSR count). The Kier molecular flexibility index (Phi) is 5.49. The summed E-state index contributed by atoms with van der Waals surface area (Å²) in [6.45, 7) is 4.01. The normalized spacial score (nSPS) is 17.6. The highest BCUT2D eigenvalue weighted by Crippen LogP contribution is 2.44. The van der Waals surface area contributed by atoms with E-state index in [2.05, 4.69) is 11.9 Å². The predicted octanol–water partition coefficient (Wildman–Crippen LogP) is 5.93. The van der Waals surface area contributed by atoms with Crippen molar-refractivity contribution in [2.24, 2.45) is 0 Å². The maximum absolute atomic E-state index is 13.5. The number of ketones is 1. The first-order chi connectivity index (χ1) is 16.4. The van der Waals surface area contributed by atoms with Crippen molar-refractivity contribution < 1.29 is 19.1 Å². The van der Waals surface area contributed by atoms with E-state index in [9.17, 15) is 19.1 Å². The zero-order valence-corrected chi connectivity index (χ0v) is 19.4. The summed E-state index contributed by atoms with van der Waals surface area (Å²) in [5.41, 5.74) is 3.78. The number of hydrogen-bond acceptors (Lipinski definition) is 5. The average Bonchev–Trinajstić information content (AvgIpc) is 3.37. The number of carbonyl (C=O) groups is 2. The van der Waals surface area contributed by atoms with E-state index in [0.29, 0.717) is 10.7 Å². The number of fused-ring (bicyclic) bond motifs is 1. The fourth-order valence-electron chi connectivity index (χ4n) is 4.14. The molecule has 1 N–H and O–H groups in total. The van der Waals surface area contributed by atoms with Gasteiger partial charge in [0, 0.05) is 5.56 Å². The molecule has 1 saturated heterocycles. The van der Waals surface area contributed by atoms with E-state index in [4.69, 9.17) is 0 Å². The molecule has 34 heavy (non-hydrogen) atoms. The lowest BCUT2D eigenvalue weighted by Gasteiger charge is -2.23. The van der Waals surface area contributed by atoms with Gasteiger partial charge in [0.1, 0.15) is 11.6 Å². The number of benzene rings is 3. The molecular formula is C27H21FN2O3S. The van der Waals surface area contributed by atoms with Crippen LogP contribution in [0.15, 0.2) is 72.3 Å². The van der Waals surface area contributed by atoms with Crippen molar-refractivity contribution in [3.05, 3.63) is 100 Å². The van der Waals surface area contributed by atoms with Gasteiger partial charge >= 0.3 is 5.91 Å². The van der Waals surface area contributed by atoms with Crippen molar-refractivity contribution >= 4 is 44.1 Å². The summed E-state index contributed by atoms with van der Waals surface area (Å²) in [6, 6.07) is 17.7. The molecule has 1 atom stereocenters. The number of aromatic nitrogens is 1. The molecule has 1 fully saturated rings. The van der Waals surface area contributed by atoms with Crippen LogP contribution in [-0.4, -0.2) is 21.8 Å². The summed E-state index contributed by atoms with van der Waals surface area (Å²) in [7, 11) is 0. The van der Waals surface area contributed by atoms with Gasteiger partial charge in [0.25, 0.3) is 5.78 Å². The number of halogens is 1. The molecule has 2 heterocycles. The molecule has 1 aliphatic heterocycles. The van der Waals surface area contributed by atoms with E-state index in [-0.39, 0.29) is 16.9 Å². The Morgan fingerprint density at radius 3 is 2.44 bits per heavy atom. The van der Waals surface area contributed by atoms with E-state index in [1.165, 1.54) is 40.5 Å². The van der Waals surface area contributed by atoms with Gasteiger partial charge in [0.15, 0.2) is 5.13 Å². The molecule has 1 aromatic heterocycles. The van der Waals surface area contributed by atoms with Crippen LogP contribution < -0.4 is 4.90 Å². The molecule has 0 spiro atoms. The number of Topliss-reactive ketones (excluding diaryl/α,β-unsaturated/α-hetero) is 1. The van der Waals surface area contributed by atoms with Crippen LogP contribution in [0.25, 0.3) is 16.0 Å². The van der Waals surface area contributed by atoms with Gasteiger partial charge in [0.2, 0.25) is 0 Å². The third-order valence-corrected chi connectivity index (χ3v) is 7.03. The van der Waals surface area contributed by atoms with Gasteiger partial charge in [-0.15, -0.1) is 0 Å². The predicted molar refractivity (Wildman–Crippen MR) is 131 cm³/mol. The Bertz CT molecular complexity index is 1460. The fraction of sp³-hybridized carbons (Fsp3) is 0.148. The van der Waals surface area contributed by atoms with E-state index in [1.807, 2.05) is 49.4 Å². The molecule has 5 nitrogen and oxygen atoms in total. The van der Waals surface area contributed by atoms with Crippen molar-refractivity contribution in [1.29, 1.82) is 0 Å². The second-order valence-corrected chi connectivity index (χ2v) is 9.25. The SMILES string of the molecule is CCc1ccc2nc(N3C(=O)C(=O)C(=C(O)c4ccc(F)cc4)C3c3ccc(C)cc3)sc2c1. The summed E-state index contributed by atoms with van der Waals surface area (Å²) in [5.74, 6) is -2.38. The lowest BCUT2D eigenvalue weighted by atomic mass is 9.95. The van der Waals surface area contributed by atoms with Crippen LogP contribution in [-0.2, 0) is 16.0 Å². The van der Waals surface area contributed by atoms with Crippen LogP contribution in [0, 0.1) is 12.7 Å². The summed E-state index contributed by atoms with van der Waals surface area (Å²) in [5, 5.41) is 11.5. The number of aliphatic hydroxyl groups excluding tert-OH is 1. The molecule has 0 radical (unpaired) electrons. The summed E-state index contributed by atoms with van der Waals surface area (Å²) >= 11 is 1.33. The standard InChI is InChI=1S/C27H21FN2O3S/c1-3-16-6-13-20-21(14-16)34-27(29-20)30-23(17-7-4-15(2)5-8-17)22(25(32)26(30)33)24(31)18-9-11-19(28)12-10-18/h4-14,23,31H,3H2,1-2H3. The van der Waals surface area contributed by atoms with Gasteiger partial charge in [-0.1, -0.05) is 54.2 Å². The third-order valence-electron chi connectivity index (χ3n) is 6.01. The molecule has 4 aromatic rings. The third kappa shape index (κ3) is 3.68. The number of carbonyl (C=O) groups excluding carboxylic acids is 2. The molecule has 1 unspecified atom stereocenters. The lowest BCUT2D eigenvalue weighted by molar-refractivity contribution is -0.132. The van der Waals surface area contributed by atoms with Crippen molar-refractivity contribution in [2.75, 3.05) is 4.90 Å². The number of nitrogens with zero attached hydrogens (tertiary/aromatic N) is 2. The van der Waals surface area contributed by atoms with Crippen LogP contribution in [0.5, 0.6) is 0 Å². The molecule has 7 heteroatoms. The molecule has 1 aliphatic rings. The fourth-order valence-corrected chi connectivity index (χ4v) is 5.19. The minimum Gasteiger partial charge on any atom is -0.507 e. The second kappa shape index (κ2) is 8.50. The molecule has 170 valence electrons. The highest BCUT2D eigenvalue weighted by Gasteiger charge is 2.48. The van der Waals surface area contributed by atoms with Crippen molar-refractivity contribution in [1.82, 2.24) is 4.98 Å². The number of thiazole rings is 1. The number of aliphatic hydroxyl groups is 1. The Morgan fingerprint density at radius 1 is 1.06 bits per heavy atom. The number of anilines is 1. The number of aryl methyl sites for hydroxylation is 2. The molecule has 3 aromatic carbocycles. The first-order valence-corrected chi connectivity index (χ1v) is 11.7. The van der Waals surface area contributed by atoms with Gasteiger partial charge in [-0.2, -0.15) is 0 Å². The summed E-state index contributed by atoms with van der Waals surface area (Å²) in [6.07, 6.45) is 0.870. The van der Waals surface area contributed by atoms with Gasteiger partial charge in [0.05, 0.1) is 21.8 Å². The van der Waals surface area contributed by atoms with Crippen molar-refractivity contribution in [2.45, 2.75) is 26.3 Å². The van der Waals surface area contributed by atoms with Crippen LogP contribution in [0.4, 0.5) is 9.52 Å². The van der Waals surface area contributed by atoms with Crippen LogP contribution in [0.1, 0.15) is 35.2 Å². The van der Waals surface area contributed by atoms with Crippen molar-refractivity contribution in [3.63, 3.8) is 0 Å². The zero-order valence-electron chi connectivity index (χ0n) is 18.6. The highest BCUT2D eigenvalue weighted by molar-refractivity contribution is 7.22. The van der Waals surface area contributed by atoms with Crippen LogP contribution in [0.3, 0.4) is 0 Å². The number of hydrogen-bond donors (Lipinski definition) is 1. The first-order valence-electron chi connectivity index (χ1n) is 10.9. The van der Waals surface area contributed by atoms with Crippen LogP contribution in [0.2, 0.25) is 0 Å². The maximum Gasteiger partial charge on any atom is 0.301 e. The number of amides is 1. The molecule has 0 saturated carbocycles. The van der Waals surface area contributed by atoms with E-state index in [0.717, 1.165) is 27.8 Å². The zero-order chi connectivity index (χ0) is 24.0. The molecule has 1 amide bonds. The first kappa shape index (κ1) is 22.0. The Balaban J connectivity index is 1.71. The minimum atomic E-state index is -0.864. The van der Waals surface area contributed by atoms with Gasteiger partial charge in [-0.3, -0.25) is 14.5 Å². The minimum absolute atomic E-state index is 0.0473. The van der Waals surface area contributed by atoms with Gasteiger partial charge in [-0.25, -0.2) is 9.37 Å². The monoisotopic (exact) mass is 472 g/mol. The van der Waals surface area contributed by atoms with Crippen LogP contribution >= 0.6 is 11.3 Å².